The van der Waals surface area contributed by atoms with E-state index in [2.05, 4.69) is 15.9 Å². The summed E-state index contributed by atoms with van der Waals surface area (Å²) in [6.45, 7) is 2.60. The fourth-order valence-electron chi connectivity index (χ4n) is 2.42. The van der Waals surface area contributed by atoms with E-state index in [-0.39, 0.29) is 30.6 Å². The maximum Gasteiger partial charge on any atom is 0.410 e. The molecule has 1 fully saturated rings. The third-order valence-electron chi connectivity index (χ3n) is 3.73. The molecule has 0 saturated carbocycles. The van der Waals surface area contributed by atoms with Gasteiger partial charge in [-0.1, -0.05) is 28.1 Å². The maximum atomic E-state index is 12.1. The molecule has 1 aromatic rings. The molecule has 2 N–H and O–H groups in total. The Morgan fingerprint density at radius 1 is 1.48 bits per heavy atom. The zero-order valence-electron chi connectivity index (χ0n) is 11.9. The molecule has 6 heteroatoms. The van der Waals surface area contributed by atoms with Gasteiger partial charge in [0.05, 0.1) is 6.04 Å². The Morgan fingerprint density at radius 3 is 2.71 bits per heavy atom. The van der Waals surface area contributed by atoms with Gasteiger partial charge in [-0.2, -0.15) is 0 Å². The molecule has 21 heavy (non-hydrogen) atoms. The van der Waals surface area contributed by atoms with Crippen LogP contribution in [-0.4, -0.2) is 29.5 Å². The van der Waals surface area contributed by atoms with E-state index in [4.69, 9.17) is 10.5 Å². The Labute approximate surface area is 132 Å². The van der Waals surface area contributed by atoms with Crippen LogP contribution in [0.5, 0.6) is 0 Å². The second kappa shape index (κ2) is 6.93. The number of ether oxygens (including phenoxy) is 1. The molecule has 114 valence electrons. The number of primary amides is 1. The molecule has 1 heterocycles. The molecule has 1 aliphatic rings. The van der Waals surface area contributed by atoms with Crippen molar-refractivity contribution in [3.05, 3.63) is 34.3 Å². The third-order valence-corrected chi connectivity index (χ3v) is 4.26. The van der Waals surface area contributed by atoms with Crippen molar-refractivity contribution in [1.29, 1.82) is 0 Å². The number of benzene rings is 1. The lowest BCUT2D eigenvalue weighted by Gasteiger charge is -2.35. The van der Waals surface area contributed by atoms with Crippen LogP contribution in [0.25, 0.3) is 0 Å². The van der Waals surface area contributed by atoms with Crippen LogP contribution in [0.15, 0.2) is 28.7 Å². The molecular weight excluding hydrogens is 336 g/mol. The number of nitrogens with zero attached hydrogens (tertiary/aromatic N) is 1. The van der Waals surface area contributed by atoms with Gasteiger partial charge in [-0.05, 0) is 31.0 Å². The number of halogens is 1. The fourth-order valence-corrected chi connectivity index (χ4v) is 2.69. The van der Waals surface area contributed by atoms with E-state index in [0.717, 1.165) is 16.5 Å². The molecule has 5 nitrogen and oxygen atoms in total. The largest absolute Gasteiger partial charge is 0.446 e. The van der Waals surface area contributed by atoms with Gasteiger partial charge in [-0.25, -0.2) is 4.79 Å². The van der Waals surface area contributed by atoms with Crippen molar-refractivity contribution in [2.24, 2.45) is 5.73 Å². The minimum absolute atomic E-state index is 0.0392. The van der Waals surface area contributed by atoms with Crippen LogP contribution in [-0.2, 0) is 9.53 Å². The van der Waals surface area contributed by atoms with Crippen LogP contribution >= 0.6 is 15.9 Å². The first kappa shape index (κ1) is 15.8. The van der Waals surface area contributed by atoms with E-state index in [1.54, 1.807) is 4.90 Å². The monoisotopic (exact) mass is 354 g/mol. The van der Waals surface area contributed by atoms with E-state index in [0.29, 0.717) is 13.0 Å². The SMILES string of the molecule is CC(c1ccc(Br)cc1)N1CCC(CCC(N)=O)OC1=O. The van der Waals surface area contributed by atoms with E-state index in [1.165, 1.54) is 0 Å². The summed E-state index contributed by atoms with van der Waals surface area (Å²) in [6, 6.07) is 7.85. The smallest absolute Gasteiger partial charge is 0.410 e. The summed E-state index contributed by atoms with van der Waals surface area (Å²) < 4.78 is 6.39. The van der Waals surface area contributed by atoms with Crippen LogP contribution in [0, 0.1) is 0 Å². The Morgan fingerprint density at radius 2 is 2.14 bits per heavy atom. The molecule has 1 saturated heterocycles. The standard InChI is InChI=1S/C15H19BrN2O3/c1-10(11-2-4-12(16)5-3-11)18-9-8-13(21-15(18)20)6-7-14(17)19/h2-5,10,13H,6-9H2,1H3,(H2,17,19). The zero-order chi connectivity index (χ0) is 15.4. The molecule has 1 aliphatic heterocycles. The number of hydrogen-bond acceptors (Lipinski definition) is 3. The lowest BCUT2D eigenvalue weighted by atomic mass is 10.0. The summed E-state index contributed by atoms with van der Waals surface area (Å²) in [6.07, 6.45) is 0.936. The van der Waals surface area contributed by atoms with Crippen molar-refractivity contribution in [3.63, 3.8) is 0 Å². The lowest BCUT2D eigenvalue weighted by Crippen LogP contribution is -2.43. The van der Waals surface area contributed by atoms with Crippen LogP contribution in [0.2, 0.25) is 0 Å². The average molecular weight is 355 g/mol. The molecule has 0 aliphatic carbocycles. The van der Waals surface area contributed by atoms with Gasteiger partial charge in [-0.15, -0.1) is 0 Å². The molecule has 2 rings (SSSR count). The average Bonchev–Trinajstić information content (AvgIpc) is 2.45. The highest BCUT2D eigenvalue weighted by molar-refractivity contribution is 9.10. The first-order chi connectivity index (χ1) is 9.97. The Balaban J connectivity index is 1.95. The second-order valence-corrected chi connectivity index (χ2v) is 6.14. The number of cyclic esters (lactones) is 1. The van der Waals surface area contributed by atoms with Gasteiger partial charge in [0.2, 0.25) is 5.91 Å². The number of carbonyl (C=O) groups excluding carboxylic acids is 2. The van der Waals surface area contributed by atoms with Crippen LogP contribution in [0.1, 0.15) is 37.8 Å². The summed E-state index contributed by atoms with van der Waals surface area (Å²) >= 11 is 3.40. The van der Waals surface area contributed by atoms with Crippen molar-refractivity contribution in [3.8, 4) is 0 Å². The normalized spacial score (nSPS) is 20.0. The van der Waals surface area contributed by atoms with E-state index < -0.39 is 0 Å². The predicted molar refractivity (Wildman–Crippen MR) is 82.6 cm³/mol. The van der Waals surface area contributed by atoms with Gasteiger partial charge >= 0.3 is 6.09 Å². The van der Waals surface area contributed by atoms with Crippen molar-refractivity contribution in [2.45, 2.75) is 38.3 Å². The van der Waals surface area contributed by atoms with Gasteiger partial charge in [-0.3, -0.25) is 4.79 Å². The number of hydrogen-bond donors (Lipinski definition) is 1. The molecule has 2 atom stereocenters. The fraction of sp³-hybridized carbons (Fsp3) is 0.467. The van der Waals surface area contributed by atoms with Gasteiger partial charge in [0.25, 0.3) is 0 Å². The second-order valence-electron chi connectivity index (χ2n) is 5.22. The molecule has 0 spiro atoms. The number of rotatable bonds is 5. The quantitative estimate of drug-likeness (QED) is 0.883. The third kappa shape index (κ3) is 4.20. The summed E-state index contributed by atoms with van der Waals surface area (Å²) in [5, 5.41) is 0. The van der Waals surface area contributed by atoms with Crippen molar-refractivity contribution < 1.29 is 14.3 Å². The molecule has 0 aromatic heterocycles. The number of carbonyl (C=O) groups is 2. The highest BCUT2D eigenvalue weighted by Gasteiger charge is 2.30. The molecule has 0 bridgehead atoms. The zero-order valence-corrected chi connectivity index (χ0v) is 13.5. The van der Waals surface area contributed by atoms with E-state index in [1.807, 2.05) is 31.2 Å². The van der Waals surface area contributed by atoms with Crippen LogP contribution < -0.4 is 5.73 Å². The Bertz CT molecular complexity index is 518. The maximum absolute atomic E-state index is 12.1. The van der Waals surface area contributed by atoms with Crippen molar-refractivity contribution in [2.75, 3.05) is 6.54 Å². The summed E-state index contributed by atoms with van der Waals surface area (Å²) in [7, 11) is 0. The number of amides is 2. The predicted octanol–water partition coefficient (Wildman–Crippen LogP) is 2.99. The summed E-state index contributed by atoms with van der Waals surface area (Å²) in [4.78, 5) is 24.6. The van der Waals surface area contributed by atoms with Crippen molar-refractivity contribution >= 4 is 27.9 Å². The molecule has 2 amide bonds. The van der Waals surface area contributed by atoms with Crippen molar-refractivity contribution in [1.82, 2.24) is 4.90 Å². The van der Waals surface area contributed by atoms with Crippen LogP contribution in [0.4, 0.5) is 4.79 Å². The molecule has 2 unspecified atom stereocenters. The van der Waals surface area contributed by atoms with Crippen LogP contribution in [0.3, 0.4) is 0 Å². The molecule has 0 radical (unpaired) electrons. The first-order valence-electron chi connectivity index (χ1n) is 6.98. The first-order valence-corrected chi connectivity index (χ1v) is 7.77. The van der Waals surface area contributed by atoms with E-state index >= 15 is 0 Å². The van der Waals surface area contributed by atoms with Gasteiger partial charge < -0.3 is 15.4 Å². The highest BCUT2D eigenvalue weighted by Crippen LogP contribution is 2.27. The summed E-state index contributed by atoms with van der Waals surface area (Å²) in [5.41, 5.74) is 6.18. The lowest BCUT2D eigenvalue weighted by molar-refractivity contribution is -0.118. The number of nitrogens with two attached hydrogens (primary N) is 1. The van der Waals surface area contributed by atoms with Gasteiger partial charge in [0.15, 0.2) is 0 Å². The van der Waals surface area contributed by atoms with E-state index in [9.17, 15) is 9.59 Å². The van der Waals surface area contributed by atoms with Gasteiger partial charge in [0, 0.05) is 23.9 Å². The Hall–Kier alpha value is -1.56. The minimum atomic E-state index is -0.364. The minimum Gasteiger partial charge on any atom is -0.446 e. The topological polar surface area (TPSA) is 72.6 Å². The molecular formula is C15H19BrN2O3. The summed E-state index contributed by atoms with van der Waals surface area (Å²) in [5.74, 6) is -0.364. The highest BCUT2D eigenvalue weighted by atomic mass is 79.9. The molecule has 1 aromatic carbocycles. The van der Waals surface area contributed by atoms with Gasteiger partial charge in [0.1, 0.15) is 6.10 Å². The Kier molecular flexibility index (Phi) is 5.22.